The van der Waals surface area contributed by atoms with Crippen LogP contribution in [0.15, 0.2) is 36.4 Å². The van der Waals surface area contributed by atoms with Crippen LogP contribution in [0.3, 0.4) is 0 Å². The molecule has 0 bridgehead atoms. The minimum Gasteiger partial charge on any atom is -0.397 e. The Hall–Kier alpha value is -2.67. The van der Waals surface area contributed by atoms with Gasteiger partial charge in [0.1, 0.15) is 54.9 Å². The van der Waals surface area contributed by atoms with Crippen LogP contribution in [0.25, 0.3) is 11.1 Å². The highest BCUT2D eigenvalue weighted by atomic mass is 16.7. The lowest BCUT2D eigenvalue weighted by Gasteiger charge is -2.46. The maximum atomic E-state index is 11.0. The summed E-state index contributed by atoms with van der Waals surface area (Å²) >= 11 is 0. The lowest BCUT2D eigenvalue weighted by atomic mass is 9.87. The largest absolute Gasteiger partial charge is 0.397 e. The first-order valence-electron chi connectivity index (χ1n) is 12.6. The Morgan fingerprint density at radius 2 is 1.51 bits per heavy atom. The molecular formula is C27H34N2O10. The number of anilines is 1. The van der Waals surface area contributed by atoms with Crippen molar-refractivity contribution in [2.24, 2.45) is 0 Å². The zero-order valence-corrected chi connectivity index (χ0v) is 21.2. The summed E-state index contributed by atoms with van der Waals surface area (Å²) < 4.78 is 16.8. The molecular weight excluding hydrogens is 512 g/mol. The molecule has 2 aromatic rings. The average molecular weight is 547 g/mol. The van der Waals surface area contributed by atoms with Gasteiger partial charge < -0.3 is 55.7 Å². The summed E-state index contributed by atoms with van der Waals surface area (Å²) in [6.07, 6.45) is -14.9. The molecule has 39 heavy (non-hydrogen) atoms. The van der Waals surface area contributed by atoms with Crippen LogP contribution in [0.1, 0.15) is 16.7 Å². The SMILES string of the molecule is Cc1c(-c2ccccc2)cc(C[C@@H]2O[C@H](CO)[C@@H](O[C@@H]3O[C@H](CO)[C@@H](O)[C@H](O)[C@H]3O)[C@H](O)[C@H]2O)c(C#N)c1N. The number of hydrogen-bond acceptors (Lipinski definition) is 12. The van der Waals surface area contributed by atoms with Crippen molar-refractivity contribution in [2.45, 2.75) is 74.6 Å². The third-order valence-electron chi connectivity index (χ3n) is 7.44. The number of rotatable bonds is 7. The van der Waals surface area contributed by atoms with Gasteiger partial charge in [0.05, 0.1) is 30.6 Å². The molecule has 2 aromatic carbocycles. The molecule has 0 amide bonds. The molecule has 212 valence electrons. The Bertz CT molecular complexity index is 1170. The molecule has 0 aliphatic carbocycles. The van der Waals surface area contributed by atoms with Gasteiger partial charge in [-0.2, -0.15) is 5.26 Å². The van der Waals surface area contributed by atoms with Crippen molar-refractivity contribution in [2.75, 3.05) is 18.9 Å². The fraction of sp³-hybridized carbons (Fsp3) is 0.519. The van der Waals surface area contributed by atoms with E-state index in [-0.39, 0.29) is 17.7 Å². The van der Waals surface area contributed by atoms with E-state index in [2.05, 4.69) is 6.07 Å². The summed E-state index contributed by atoms with van der Waals surface area (Å²) in [6, 6.07) is 13.3. The smallest absolute Gasteiger partial charge is 0.187 e. The third kappa shape index (κ3) is 5.65. The first-order valence-corrected chi connectivity index (χ1v) is 12.6. The second-order valence-corrected chi connectivity index (χ2v) is 9.85. The van der Waals surface area contributed by atoms with Crippen molar-refractivity contribution >= 4 is 5.69 Å². The van der Waals surface area contributed by atoms with Crippen molar-refractivity contribution in [3.05, 3.63) is 53.1 Å². The number of nitrogen functional groups attached to an aromatic ring is 1. The summed E-state index contributed by atoms with van der Waals surface area (Å²) in [6.45, 7) is 0.466. The molecule has 0 radical (unpaired) electrons. The molecule has 0 spiro atoms. The monoisotopic (exact) mass is 546 g/mol. The van der Waals surface area contributed by atoms with Gasteiger partial charge in [0.25, 0.3) is 0 Å². The summed E-state index contributed by atoms with van der Waals surface area (Å²) in [5.41, 5.74) is 9.64. The zero-order valence-electron chi connectivity index (χ0n) is 21.2. The Labute approximate surface area is 225 Å². The van der Waals surface area contributed by atoms with Gasteiger partial charge in [0, 0.05) is 6.42 Å². The van der Waals surface area contributed by atoms with Crippen LogP contribution >= 0.6 is 0 Å². The van der Waals surface area contributed by atoms with Crippen LogP contribution in [-0.2, 0) is 20.6 Å². The van der Waals surface area contributed by atoms with E-state index in [1.807, 2.05) is 30.3 Å². The second-order valence-electron chi connectivity index (χ2n) is 9.85. The first-order chi connectivity index (χ1) is 18.6. The summed E-state index contributed by atoms with van der Waals surface area (Å²) in [4.78, 5) is 0. The number of benzene rings is 2. The second kappa shape index (κ2) is 12.2. The van der Waals surface area contributed by atoms with Gasteiger partial charge >= 0.3 is 0 Å². The minimum atomic E-state index is -1.76. The number of aliphatic hydroxyl groups is 7. The topological polar surface area (TPSA) is 219 Å². The molecule has 0 aromatic heterocycles. The number of ether oxygens (including phenoxy) is 3. The molecule has 2 heterocycles. The van der Waals surface area contributed by atoms with Crippen LogP contribution in [0.5, 0.6) is 0 Å². The molecule has 10 atom stereocenters. The summed E-state index contributed by atoms with van der Waals surface area (Å²) in [5.74, 6) is 0. The first kappa shape index (κ1) is 29.3. The third-order valence-corrected chi connectivity index (χ3v) is 7.44. The molecule has 9 N–H and O–H groups in total. The number of nitrogens with zero attached hydrogens (tertiary/aromatic N) is 1. The Morgan fingerprint density at radius 3 is 2.13 bits per heavy atom. The molecule has 2 saturated heterocycles. The van der Waals surface area contributed by atoms with E-state index in [9.17, 15) is 41.0 Å². The Kier molecular flexibility index (Phi) is 9.20. The van der Waals surface area contributed by atoms with Gasteiger partial charge in [0.15, 0.2) is 6.29 Å². The summed E-state index contributed by atoms with van der Waals surface area (Å²) in [7, 11) is 0. The van der Waals surface area contributed by atoms with Crippen LogP contribution in [0.4, 0.5) is 5.69 Å². The fourth-order valence-electron chi connectivity index (χ4n) is 5.12. The molecule has 2 aliphatic rings. The van der Waals surface area contributed by atoms with E-state index in [0.29, 0.717) is 11.1 Å². The number of nitrogens with two attached hydrogens (primary N) is 1. The highest BCUT2D eigenvalue weighted by Crippen LogP contribution is 2.35. The van der Waals surface area contributed by atoms with E-state index < -0.39 is 74.4 Å². The lowest BCUT2D eigenvalue weighted by molar-refractivity contribution is -0.342. The van der Waals surface area contributed by atoms with Crippen LogP contribution in [0, 0.1) is 18.3 Å². The predicted molar refractivity (Wildman–Crippen MR) is 136 cm³/mol. The van der Waals surface area contributed by atoms with Gasteiger partial charge in [-0.05, 0) is 35.2 Å². The molecule has 4 rings (SSSR count). The normalized spacial score (nSPS) is 34.9. The van der Waals surface area contributed by atoms with Gasteiger partial charge in [-0.25, -0.2) is 0 Å². The van der Waals surface area contributed by atoms with Crippen LogP contribution < -0.4 is 5.73 Å². The highest BCUT2D eigenvalue weighted by molar-refractivity contribution is 5.78. The van der Waals surface area contributed by atoms with Gasteiger partial charge in [-0.15, -0.1) is 0 Å². The molecule has 0 saturated carbocycles. The molecule has 0 unspecified atom stereocenters. The average Bonchev–Trinajstić information content (AvgIpc) is 2.95. The maximum absolute atomic E-state index is 11.0. The van der Waals surface area contributed by atoms with Crippen molar-refractivity contribution in [1.82, 2.24) is 0 Å². The highest BCUT2D eigenvalue weighted by Gasteiger charge is 2.50. The number of aliphatic hydroxyl groups excluding tert-OH is 7. The minimum absolute atomic E-state index is 0.0330. The maximum Gasteiger partial charge on any atom is 0.187 e. The lowest BCUT2D eigenvalue weighted by Crippen LogP contribution is -2.64. The van der Waals surface area contributed by atoms with Crippen molar-refractivity contribution in [3.63, 3.8) is 0 Å². The quantitative estimate of drug-likeness (QED) is 0.183. The van der Waals surface area contributed by atoms with Gasteiger partial charge in [0.2, 0.25) is 0 Å². The standard InChI is InChI=1S/C27H34N2O10/c1-12-15(13-5-3-2-4-6-13)7-14(16(9-28)20(12)29)8-17-21(32)24(35)26(19(11-31)37-17)39-27-25(36)23(34)22(33)18(10-30)38-27/h2-7,17-19,21-27,30-36H,8,10-11,29H2,1H3/t17-,18+,19+,21-,22+,23-,24+,25+,26+,27-/m0/s1. The Balaban J connectivity index is 1.58. The molecule has 12 heteroatoms. The van der Waals surface area contributed by atoms with E-state index in [1.165, 1.54) is 0 Å². The number of hydrogen-bond donors (Lipinski definition) is 8. The van der Waals surface area contributed by atoms with Crippen molar-refractivity contribution in [1.29, 1.82) is 5.26 Å². The van der Waals surface area contributed by atoms with Crippen molar-refractivity contribution in [3.8, 4) is 17.2 Å². The van der Waals surface area contributed by atoms with Gasteiger partial charge in [-0.3, -0.25) is 0 Å². The van der Waals surface area contributed by atoms with Crippen molar-refractivity contribution < 1.29 is 50.0 Å². The van der Waals surface area contributed by atoms with Crippen LogP contribution in [0.2, 0.25) is 0 Å². The molecule has 2 aliphatic heterocycles. The van der Waals surface area contributed by atoms with Gasteiger partial charge in [-0.1, -0.05) is 30.3 Å². The fourth-order valence-corrected chi connectivity index (χ4v) is 5.12. The van der Waals surface area contributed by atoms with Crippen LogP contribution in [-0.4, -0.2) is 110 Å². The van der Waals surface area contributed by atoms with E-state index in [4.69, 9.17) is 19.9 Å². The van der Waals surface area contributed by atoms with E-state index in [0.717, 1.165) is 11.1 Å². The van der Waals surface area contributed by atoms with E-state index in [1.54, 1.807) is 13.0 Å². The Morgan fingerprint density at radius 1 is 0.872 bits per heavy atom. The molecule has 12 nitrogen and oxygen atoms in total. The summed E-state index contributed by atoms with van der Waals surface area (Å²) in [5, 5.41) is 81.5. The van der Waals surface area contributed by atoms with E-state index >= 15 is 0 Å². The zero-order chi connectivity index (χ0) is 28.4. The predicted octanol–water partition coefficient (Wildman–Crippen LogP) is -1.67. The number of nitriles is 1. The molecule has 2 fully saturated rings.